The molecular weight excluding hydrogens is 214 g/mol. The van der Waals surface area contributed by atoms with Crippen molar-refractivity contribution in [3.8, 4) is 5.75 Å². The molecule has 82 valence electrons. The smallest absolute Gasteiger partial charge is 0.121 e. The van der Waals surface area contributed by atoms with Crippen LogP contribution in [0, 0.1) is 0 Å². The zero-order chi connectivity index (χ0) is 10.7. The number of hydrogen-bond donors (Lipinski definition) is 1. The highest BCUT2D eigenvalue weighted by atomic mass is 35.5. The molecule has 1 atom stereocenters. The molecule has 0 amide bonds. The van der Waals surface area contributed by atoms with Crippen LogP contribution in [0.3, 0.4) is 0 Å². The monoisotopic (exact) mass is 227 g/mol. The summed E-state index contributed by atoms with van der Waals surface area (Å²) in [7, 11) is 1.64. The van der Waals surface area contributed by atoms with Gasteiger partial charge in [-0.15, -0.1) is 0 Å². The highest BCUT2D eigenvalue weighted by Gasteiger charge is 2.16. The Bertz CT molecular complexity index is 337. The molecule has 0 saturated carbocycles. The molecule has 2 rings (SSSR count). The molecular formula is C11H14ClNO2. The summed E-state index contributed by atoms with van der Waals surface area (Å²) < 4.78 is 10.4. The standard InChI is InChI=1S/C11H14ClNO2/c1-14-9-2-3-10(12)11(6-9)13-8-4-5-15-7-8/h2-3,6,8,13H,4-5,7H2,1H3. The van der Waals surface area contributed by atoms with Gasteiger partial charge >= 0.3 is 0 Å². The van der Waals surface area contributed by atoms with Crippen LogP contribution in [0.15, 0.2) is 18.2 Å². The summed E-state index contributed by atoms with van der Waals surface area (Å²) in [6, 6.07) is 5.94. The predicted octanol–water partition coefficient (Wildman–Crippen LogP) is 2.55. The average Bonchev–Trinajstić information content (AvgIpc) is 2.74. The molecule has 1 aliphatic heterocycles. The van der Waals surface area contributed by atoms with Crippen molar-refractivity contribution in [1.82, 2.24) is 0 Å². The lowest BCUT2D eigenvalue weighted by molar-refractivity contribution is 0.195. The maximum Gasteiger partial charge on any atom is 0.121 e. The van der Waals surface area contributed by atoms with Crippen LogP contribution in [0.2, 0.25) is 5.02 Å². The van der Waals surface area contributed by atoms with Gasteiger partial charge in [-0.2, -0.15) is 0 Å². The van der Waals surface area contributed by atoms with E-state index >= 15 is 0 Å². The van der Waals surface area contributed by atoms with Gasteiger partial charge in [0.05, 0.1) is 30.5 Å². The van der Waals surface area contributed by atoms with E-state index in [1.54, 1.807) is 7.11 Å². The molecule has 1 aromatic rings. The Hall–Kier alpha value is -0.930. The molecule has 4 heteroatoms. The van der Waals surface area contributed by atoms with Crippen LogP contribution >= 0.6 is 11.6 Å². The molecule has 1 fully saturated rings. The van der Waals surface area contributed by atoms with Gasteiger partial charge in [0.2, 0.25) is 0 Å². The number of anilines is 1. The van der Waals surface area contributed by atoms with Crippen molar-refractivity contribution >= 4 is 17.3 Å². The number of hydrogen-bond acceptors (Lipinski definition) is 3. The molecule has 1 unspecified atom stereocenters. The maximum absolute atomic E-state index is 6.07. The Morgan fingerprint density at radius 3 is 3.07 bits per heavy atom. The quantitative estimate of drug-likeness (QED) is 0.861. The van der Waals surface area contributed by atoms with Crippen molar-refractivity contribution in [2.75, 3.05) is 25.6 Å². The zero-order valence-electron chi connectivity index (χ0n) is 8.63. The molecule has 1 aliphatic rings. The van der Waals surface area contributed by atoms with E-state index in [4.69, 9.17) is 21.1 Å². The number of rotatable bonds is 3. The van der Waals surface area contributed by atoms with Crippen LogP contribution in [0.25, 0.3) is 0 Å². The van der Waals surface area contributed by atoms with Gasteiger partial charge in [0, 0.05) is 12.7 Å². The van der Waals surface area contributed by atoms with E-state index in [-0.39, 0.29) is 0 Å². The van der Waals surface area contributed by atoms with Gasteiger partial charge in [-0.05, 0) is 18.6 Å². The lowest BCUT2D eigenvalue weighted by Gasteiger charge is -2.14. The van der Waals surface area contributed by atoms with Crippen molar-refractivity contribution in [3.63, 3.8) is 0 Å². The van der Waals surface area contributed by atoms with Crippen molar-refractivity contribution in [2.24, 2.45) is 0 Å². The van der Waals surface area contributed by atoms with E-state index < -0.39 is 0 Å². The highest BCUT2D eigenvalue weighted by molar-refractivity contribution is 6.33. The molecule has 1 aromatic carbocycles. The maximum atomic E-state index is 6.07. The van der Waals surface area contributed by atoms with Crippen molar-refractivity contribution in [2.45, 2.75) is 12.5 Å². The molecule has 3 nitrogen and oxygen atoms in total. The van der Waals surface area contributed by atoms with Crippen molar-refractivity contribution in [1.29, 1.82) is 0 Å². The van der Waals surface area contributed by atoms with Gasteiger partial charge in [-0.1, -0.05) is 11.6 Å². The number of methoxy groups -OCH3 is 1. The fourth-order valence-electron chi connectivity index (χ4n) is 1.61. The fourth-order valence-corrected chi connectivity index (χ4v) is 1.78. The first-order valence-corrected chi connectivity index (χ1v) is 5.35. The first-order chi connectivity index (χ1) is 7.29. The minimum Gasteiger partial charge on any atom is -0.497 e. The first-order valence-electron chi connectivity index (χ1n) is 4.97. The van der Waals surface area contributed by atoms with E-state index in [0.717, 1.165) is 31.1 Å². The van der Waals surface area contributed by atoms with Crippen LogP contribution in [0.5, 0.6) is 5.75 Å². The van der Waals surface area contributed by atoms with E-state index in [1.165, 1.54) is 0 Å². The normalized spacial score (nSPS) is 20.3. The Morgan fingerprint density at radius 2 is 2.40 bits per heavy atom. The van der Waals surface area contributed by atoms with Crippen molar-refractivity contribution in [3.05, 3.63) is 23.2 Å². The fraction of sp³-hybridized carbons (Fsp3) is 0.455. The molecule has 0 radical (unpaired) electrons. The Balaban J connectivity index is 2.11. The molecule has 1 saturated heterocycles. The van der Waals surface area contributed by atoms with E-state index in [0.29, 0.717) is 11.1 Å². The number of benzene rings is 1. The summed E-state index contributed by atoms with van der Waals surface area (Å²) in [5, 5.41) is 4.06. The largest absolute Gasteiger partial charge is 0.497 e. The number of nitrogens with one attached hydrogen (secondary N) is 1. The Kier molecular flexibility index (Phi) is 3.34. The molecule has 0 bridgehead atoms. The second-order valence-electron chi connectivity index (χ2n) is 3.55. The number of halogens is 1. The van der Waals surface area contributed by atoms with Gasteiger partial charge in [0.25, 0.3) is 0 Å². The average molecular weight is 228 g/mol. The Labute approximate surface area is 94.3 Å². The third kappa shape index (κ3) is 2.55. The summed E-state index contributed by atoms with van der Waals surface area (Å²) in [4.78, 5) is 0. The molecule has 0 spiro atoms. The lowest BCUT2D eigenvalue weighted by atomic mass is 10.2. The van der Waals surface area contributed by atoms with Gasteiger partial charge in [-0.3, -0.25) is 0 Å². The zero-order valence-corrected chi connectivity index (χ0v) is 9.38. The summed E-state index contributed by atoms with van der Waals surface area (Å²) >= 11 is 6.07. The van der Waals surface area contributed by atoms with E-state index in [1.807, 2.05) is 18.2 Å². The first kappa shape index (κ1) is 10.6. The SMILES string of the molecule is COc1ccc(Cl)c(NC2CCOC2)c1. The summed E-state index contributed by atoms with van der Waals surface area (Å²) in [5.41, 5.74) is 0.909. The third-order valence-corrected chi connectivity index (χ3v) is 2.79. The lowest BCUT2D eigenvalue weighted by Crippen LogP contribution is -2.19. The predicted molar refractivity (Wildman–Crippen MR) is 60.9 cm³/mol. The van der Waals surface area contributed by atoms with Gasteiger partial charge < -0.3 is 14.8 Å². The molecule has 1 heterocycles. The summed E-state index contributed by atoms with van der Waals surface area (Å²) in [6.07, 6.45) is 1.02. The van der Waals surface area contributed by atoms with Crippen molar-refractivity contribution < 1.29 is 9.47 Å². The minimum absolute atomic E-state index is 0.356. The Morgan fingerprint density at radius 1 is 1.53 bits per heavy atom. The van der Waals surface area contributed by atoms with Gasteiger partial charge in [0.15, 0.2) is 0 Å². The van der Waals surface area contributed by atoms with Gasteiger partial charge in [-0.25, -0.2) is 0 Å². The third-order valence-electron chi connectivity index (χ3n) is 2.46. The summed E-state index contributed by atoms with van der Waals surface area (Å²) in [5.74, 6) is 0.806. The minimum atomic E-state index is 0.356. The van der Waals surface area contributed by atoms with Crippen LogP contribution in [-0.2, 0) is 4.74 Å². The van der Waals surface area contributed by atoms with Crippen LogP contribution in [0.1, 0.15) is 6.42 Å². The van der Waals surface area contributed by atoms with Crippen LogP contribution in [0.4, 0.5) is 5.69 Å². The van der Waals surface area contributed by atoms with Gasteiger partial charge in [0.1, 0.15) is 5.75 Å². The van der Waals surface area contributed by atoms with Crippen LogP contribution in [-0.4, -0.2) is 26.4 Å². The highest BCUT2D eigenvalue weighted by Crippen LogP contribution is 2.28. The summed E-state index contributed by atoms with van der Waals surface area (Å²) in [6.45, 7) is 1.56. The topological polar surface area (TPSA) is 30.5 Å². The van der Waals surface area contributed by atoms with E-state index in [2.05, 4.69) is 5.32 Å². The van der Waals surface area contributed by atoms with Crippen LogP contribution < -0.4 is 10.1 Å². The molecule has 15 heavy (non-hydrogen) atoms. The van der Waals surface area contributed by atoms with E-state index in [9.17, 15) is 0 Å². The second kappa shape index (κ2) is 4.73. The molecule has 0 aliphatic carbocycles. The molecule has 1 N–H and O–H groups in total. The molecule has 0 aromatic heterocycles. The second-order valence-corrected chi connectivity index (χ2v) is 3.96. The number of ether oxygens (including phenoxy) is 2.